The summed E-state index contributed by atoms with van der Waals surface area (Å²) < 4.78 is 0. The molecule has 1 aliphatic rings. The van der Waals surface area contributed by atoms with Gasteiger partial charge in [0.05, 0.1) is 16.8 Å². The van der Waals surface area contributed by atoms with Crippen LogP contribution in [0.4, 0.5) is 5.82 Å². The number of carboxylic acids is 1. The van der Waals surface area contributed by atoms with Crippen molar-refractivity contribution in [1.82, 2.24) is 9.97 Å². The SMILES string of the molecule is CC1(Cc2csc(-c3ccccc3)n2)Nc2ncccc2C=C1C(=O)O. The molecular formula is C20H17N3O2S. The molecule has 0 saturated carbocycles. The highest BCUT2D eigenvalue weighted by Gasteiger charge is 2.38. The van der Waals surface area contributed by atoms with Crippen molar-refractivity contribution < 1.29 is 9.90 Å². The highest BCUT2D eigenvalue weighted by Crippen LogP contribution is 2.35. The quantitative estimate of drug-likeness (QED) is 0.730. The maximum Gasteiger partial charge on any atom is 0.333 e. The fourth-order valence-corrected chi connectivity index (χ4v) is 4.01. The van der Waals surface area contributed by atoms with Crippen LogP contribution in [-0.2, 0) is 11.2 Å². The number of rotatable bonds is 4. The molecule has 6 heteroatoms. The molecule has 3 heterocycles. The molecule has 0 amide bonds. The summed E-state index contributed by atoms with van der Waals surface area (Å²) in [6.07, 6.45) is 3.86. The Hall–Kier alpha value is -2.99. The molecule has 5 nitrogen and oxygen atoms in total. The average Bonchev–Trinajstić information content (AvgIpc) is 3.09. The summed E-state index contributed by atoms with van der Waals surface area (Å²) in [7, 11) is 0. The van der Waals surface area contributed by atoms with E-state index in [9.17, 15) is 9.90 Å². The van der Waals surface area contributed by atoms with Crippen molar-refractivity contribution in [3.05, 3.63) is 70.9 Å². The summed E-state index contributed by atoms with van der Waals surface area (Å²) >= 11 is 1.56. The zero-order valence-corrected chi connectivity index (χ0v) is 15.0. The Morgan fingerprint density at radius 3 is 2.81 bits per heavy atom. The minimum absolute atomic E-state index is 0.312. The molecule has 1 unspecified atom stereocenters. The molecule has 0 bridgehead atoms. The molecule has 0 radical (unpaired) electrons. The predicted octanol–water partition coefficient (Wildman–Crippen LogP) is 4.10. The summed E-state index contributed by atoms with van der Waals surface area (Å²) in [5, 5.41) is 15.9. The number of aliphatic carboxylic acids is 1. The fourth-order valence-electron chi connectivity index (χ4n) is 3.18. The second kappa shape index (κ2) is 6.38. The number of nitrogens with one attached hydrogen (secondary N) is 1. The second-order valence-corrected chi connectivity index (χ2v) is 7.31. The number of carbonyl (C=O) groups is 1. The highest BCUT2D eigenvalue weighted by molar-refractivity contribution is 7.13. The van der Waals surface area contributed by atoms with Crippen molar-refractivity contribution in [2.45, 2.75) is 18.9 Å². The first-order valence-electron chi connectivity index (χ1n) is 8.24. The van der Waals surface area contributed by atoms with Gasteiger partial charge in [-0.3, -0.25) is 0 Å². The van der Waals surface area contributed by atoms with E-state index in [1.165, 1.54) is 0 Å². The number of pyridine rings is 1. The Morgan fingerprint density at radius 2 is 2.04 bits per heavy atom. The summed E-state index contributed by atoms with van der Waals surface area (Å²) in [5.41, 5.74) is 2.23. The van der Waals surface area contributed by atoms with E-state index >= 15 is 0 Å². The molecule has 3 aromatic rings. The third-order valence-corrected chi connectivity index (χ3v) is 5.41. The van der Waals surface area contributed by atoms with Gasteiger partial charge in [0.25, 0.3) is 0 Å². The van der Waals surface area contributed by atoms with Gasteiger partial charge in [0.15, 0.2) is 0 Å². The first-order valence-corrected chi connectivity index (χ1v) is 9.12. The lowest BCUT2D eigenvalue weighted by Gasteiger charge is -2.35. The van der Waals surface area contributed by atoms with E-state index in [2.05, 4.69) is 10.3 Å². The monoisotopic (exact) mass is 363 g/mol. The number of thiazole rings is 1. The van der Waals surface area contributed by atoms with Gasteiger partial charge in [-0.25, -0.2) is 14.8 Å². The van der Waals surface area contributed by atoms with Crippen molar-refractivity contribution in [1.29, 1.82) is 0 Å². The smallest absolute Gasteiger partial charge is 0.333 e. The topological polar surface area (TPSA) is 75.1 Å². The van der Waals surface area contributed by atoms with E-state index < -0.39 is 11.5 Å². The Balaban J connectivity index is 1.67. The third kappa shape index (κ3) is 2.99. The standard InChI is InChI=1S/C20H17N3O2S/c1-20(11-15-12-26-18(22-15)13-6-3-2-4-7-13)16(19(24)25)10-14-8-5-9-21-17(14)23-20/h2-10,12H,11H2,1H3,(H,21,23)(H,24,25). The van der Waals surface area contributed by atoms with Crippen molar-refractivity contribution in [2.24, 2.45) is 0 Å². The minimum Gasteiger partial charge on any atom is -0.478 e. The minimum atomic E-state index is -0.937. The number of nitrogens with zero attached hydrogens (tertiary/aromatic N) is 2. The van der Waals surface area contributed by atoms with E-state index in [1.54, 1.807) is 29.7 Å². The van der Waals surface area contributed by atoms with Crippen molar-refractivity contribution >= 4 is 29.2 Å². The summed E-state index contributed by atoms with van der Waals surface area (Å²) in [6.45, 7) is 1.88. The molecule has 0 aliphatic carbocycles. The first kappa shape index (κ1) is 16.5. The zero-order valence-electron chi connectivity index (χ0n) is 14.1. The van der Waals surface area contributed by atoms with Crippen molar-refractivity contribution in [3.63, 3.8) is 0 Å². The summed E-state index contributed by atoms with van der Waals surface area (Å²) in [5.74, 6) is -0.244. The third-order valence-electron chi connectivity index (χ3n) is 4.47. The number of fused-ring (bicyclic) bond motifs is 1. The van der Waals surface area contributed by atoms with Crippen LogP contribution in [0.3, 0.4) is 0 Å². The molecule has 0 fully saturated rings. The molecule has 2 aromatic heterocycles. The van der Waals surface area contributed by atoms with Gasteiger partial charge in [-0.05, 0) is 25.1 Å². The average molecular weight is 363 g/mol. The Bertz CT molecular complexity index is 997. The van der Waals surface area contributed by atoms with Crippen LogP contribution in [0.1, 0.15) is 18.2 Å². The maximum absolute atomic E-state index is 11.9. The lowest BCUT2D eigenvalue weighted by Crippen LogP contribution is -2.44. The molecule has 1 atom stereocenters. The van der Waals surface area contributed by atoms with Crippen LogP contribution in [0, 0.1) is 0 Å². The van der Waals surface area contributed by atoms with E-state index in [0.717, 1.165) is 21.8 Å². The summed E-state index contributed by atoms with van der Waals surface area (Å²) in [4.78, 5) is 20.9. The number of benzene rings is 1. The molecule has 0 spiro atoms. The second-order valence-electron chi connectivity index (χ2n) is 6.45. The molecule has 0 saturated heterocycles. The van der Waals surface area contributed by atoms with Gasteiger partial charge in [0.1, 0.15) is 10.8 Å². The van der Waals surface area contributed by atoms with Gasteiger partial charge in [-0.2, -0.15) is 0 Å². The summed E-state index contributed by atoms with van der Waals surface area (Å²) in [6, 6.07) is 13.6. The van der Waals surface area contributed by atoms with Gasteiger partial charge in [0, 0.05) is 29.1 Å². The fraction of sp³-hybridized carbons (Fsp3) is 0.150. The van der Waals surface area contributed by atoms with E-state index in [1.807, 2.05) is 48.7 Å². The molecule has 130 valence electrons. The molecule has 2 N–H and O–H groups in total. The zero-order chi connectivity index (χ0) is 18.1. The van der Waals surface area contributed by atoms with Crippen molar-refractivity contribution in [3.8, 4) is 10.6 Å². The number of hydrogen-bond donors (Lipinski definition) is 2. The van der Waals surface area contributed by atoms with Crippen molar-refractivity contribution in [2.75, 3.05) is 5.32 Å². The van der Waals surface area contributed by atoms with E-state index in [0.29, 0.717) is 17.8 Å². The van der Waals surface area contributed by atoms with Gasteiger partial charge in [0.2, 0.25) is 0 Å². The molecule has 1 aromatic carbocycles. The maximum atomic E-state index is 11.9. The van der Waals surface area contributed by atoms with Gasteiger partial charge in [-0.15, -0.1) is 11.3 Å². The molecule has 1 aliphatic heterocycles. The van der Waals surface area contributed by atoms with Crippen LogP contribution in [0.15, 0.2) is 59.6 Å². The number of aromatic nitrogens is 2. The largest absolute Gasteiger partial charge is 0.478 e. The van der Waals surface area contributed by atoms with Crippen LogP contribution in [-0.4, -0.2) is 26.6 Å². The highest BCUT2D eigenvalue weighted by atomic mass is 32.1. The van der Waals surface area contributed by atoms with E-state index in [4.69, 9.17) is 4.98 Å². The van der Waals surface area contributed by atoms with Crippen LogP contribution < -0.4 is 5.32 Å². The lowest BCUT2D eigenvalue weighted by molar-refractivity contribution is -0.133. The lowest BCUT2D eigenvalue weighted by atomic mass is 9.83. The van der Waals surface area contributed by atoms with Gasteiger partial charge < -0.3 is 10.4 Å². The predicted molar refractivity (Wildman–Crippen MR) is 103 cm³/mol. The Morgan fingerprint density at radius 1 is 1.23 bits per heavy atom. The Kier molecular flexibility index (Phi) is 4.05. The number of hydrogen-bond acceptors (Lipinski definition) is 5. The Labute approximate surface area is 155 Å². The van der Waals surface area contributed by atoms with Gasteiger partial charge >= 0.3 is 5.97 Å². The van der Waals surface area contributed by atoms with Crippen LogP contribution in [0.2, 0.25) is 0 Å². The number of carboxylic acid groups (broad SMARTS) is 1. The van der Waals surface area contributed by atoms with Crippen LogP contribution in [0.25, 0.3) is 16.6 Å². The van der Waals surface area contributed by atoms with Crippen LogP contribution >= 0.6 is 11.3 Å². The first-order chi connectivity index (χ1) is 12.5. The normalized spacial score (nSPS) is 18.6. The van der Waals surface area contributed by atoms with Gasteiger partial charge in [-0.1, -0.05) is 30.3 Å². The molecule has 4 rings (SSSR count). The van der Waals surface area contributed by atoms with E-state index in [-0.39, 0.29) is 0 Å². The van der Waals surface area contributed by atoms with Crippen LogP contribution in [0.5, 0.6) is 0 Å². The number of anilines is 1. The molecule has 26 heavy (non-hydrogen) atoms. The molecular weight excluding hydrogens is 346 g/mol.